The van der Waals surface area contributed by atoms with Crippen LogP contribution in [0.2, 0.25) is 0 Å². The van der Waals surface area contributed by atoms with E-state index in [1.165, 1.54) is 11.8 Å². The van der Waals surface area contributed by atoms with Gasteiger partial charge in [0.2, 0.25) is 5.91 Å². The number of carboxylic acids is 1. The molecule has 2 rings (SSSR count). The van der Waals surface area contributed by atoms with Crippen molar-refractivity contribution in [1.82, 2.24) is 5.32 Å². The molecule has 0 saturated carbocycles. The molecule has 0 bridgehead atoms. The highest BCUT2D eigenvalue weighted by atomic mass is 32.2. The number of aliphatic carboxylic acids is 1. The van der Waals surface area contributed by atoms with Gasteiger partial charge in [0, 0.05) is 4.90 Å². The zero-order chi connectivity index (χ0) is 14.5. The van der Waals surface area contributed by atoms with Crippen LogP contribution < -0.4 is 5.32 Å². The lowest BCUT2D eigenvalue weighted by Crippen LogP contribution is -2.44. The quantitative estimate of drug-likeness (QED) is 0.841. The highest BCUT2D eigenvalue weighted by Crippen LogP contribution is 2.36. The highest BCUT2D eigenvalue weighted by molar-refractivity contribution is 8.01. The number of carbonyl (C=O) groups is 2. The van der Waals surface area contributed by atoms with Crippen molar-refractivity contribution in [3.05, 3.63) is 29.8 Å². The van der Waals surface area contributed by atoms with E-state index in [2.05, 4.69) is 5.32 Å². The monoisotopic (exact) mass is 311 g/mol. The van der Waals surface area contributed by atoms with Crippen LogP contribution in [-0.2, 0) is 16.0 Å². The van der Waals surface area contributed by atoms with Gasteiger partial charge < -0.3 is 10.4 Å². The van der Waals surface area contributed by atoms with Gasteiger partial charge >= 0.3 is 5.97 Å². The number of carbonyl (C=O) groups excluding carboxylic acids is 1. The molecule has 108 valence electrons. The minimum absolute atomic E-state index is 0.181. The Kier molecular flexibility index (Phi) is 5.37. The van der Waals surface area contributed by atoms with Crippen LogP contribution in [0.4, 0.5) is 0 Å². The van der Waals surface area contributed by atoms with Crippen LogP contribution in [0.25, 0.3) is 0 Å². The average molecular weight is 311 g/mol. The Labute approximate surface area is 126 Å². The third-order valence-electron chi connectivity index (χ3n) is 3.16. The lowest BCUT2D eigenvalue weighted by molar-refractivity contribution is -0.141. The summed E-state index contributed by atoms with van der Waals surface area (Å²) in [4.78, 5) is 24.4. The number of thioether (sulfide) groups is 2. The van der Waals surface area contributed by atoms with Gasteiger partial charge in [0.1, 0.15) is 6.04 Å². The van der Waals surface area contributed by atoms with Crippen LogP contribution in [0.3, 0.4) is 0 Å². The maximum atomic E-state index is 12.2. The number of carboxylic acid groups (broad SMARTS) is 1. The van der Waals surface area contributed by atoms with E-state index in [9.17, 15) is 9.59 Å². The molecule has 0 radical (unpaired) electrons. The highest BCUT2D eigenvalue weighted by Gasteiger charge is 2.30. The summed E-state index contributed by atoms with van der Waals surface area (Å²) in [5.41, 5.74) is 1.16. The molecule has 0 saturated heterocycles. The zero-order valence-corrected chi connectivity index (χ0v) is 12.8. The van der Waals surface area contributed by atoms with E-state index >= 15 is 0 Å². The van der Waals surface area contributed by atoms with E-state index < -0.39 is 12.0 Å². The maximum Gasteiger partial charge on any atom is 0.326 e. The van der Waals surface area contributed by atoms with Gasteiger partial charge in [-0.05, 0) is 36.5 Å². The summed E-state index contributed by atoms with van der Waals surface area (Å²) in [6.07, 6.45) is 3.04. The van der Waals surface area contributed by atoms with Crippen LogP contribution in [0.5, 0.6) is 0 Å². The van der Waals surface area contributed by atoms with Gasteiger partial charge in [0.05, 0.1) is 5.25 Å². The summed E-state index contributed by atoms with van der Waals surface area (Å²) in [5, 5.41) is 11.6. The molecule has 20 heavy (non-hydrogen) atoms. The first-order valence-corrected chi connectivity index (χ1v) is 8.66. The van der Waals surface area contributed by atoms with E-state index in [1.54, 1.807) is 11.8 Å². The van der Waals surface area contributed by atoms with Gasteiger partial charge in [-0.15, -0.1) is 11.8 Å². The molecule has 1 aromatic rings. The van der Waals surface area contributed by atoms with Crippen molar-refractivity contribution in [1.29, 1.82) is 0 Å². The summed E-state index contributed by atoms with van der Waals surface area (Å²) in [5.74, 6) is -0.428. The molecule has 1 unspecified atom stereocenters. The molecule has 1 amide bonds. The number of amides is 1. The lowest BCUT2D eigenvalue weighted by Gasteiger charge is -2.16. The fourth-order valence-corrected chi connectivity index (χ4v) is 3.76. The van der Waals surface area contributed by atoms with E-state index in [1.807, 2.05) is 30.5 Å². The fraction of sp³-hybridized carbons (Fsp3) is 0.429. The molecule has 0 fully saturated rings. The molecule has 1 aliphatic rings. The predicted octanol–water partition coefficient (Wildman–Crippen LogP) is 2.03. The molecule has 6 heteroatoms. The number of benzene rings is 1. The molecule has 1 aliphatic heterocycles. The number of hydrogen-bond donors (Lipinski definition) is 2. The van der Waals surface area contributed by atoms with Crippen molar-refractivity contribution in [2.24, 2.45) is 0 Å². The van der Waals surface area contributed by atoms with E-state index in [0.29, 0.717) is 12.8 Å². The van der Waals surface area contributed by atoms with Crippen molar-refractivity contribution in [2.45, 2.75) is 29.0 Å². The number of fused-ring (bicyclic) bond motifs is 1. The Bertz CT molecular complexity index is 482. The van der Waals surface area contributed by atoms with E-state index in [4.69, 9.17) is 5.11 Å². The summed E-state index contributed by atoms with van der Waals surface area (Å²) in [6.45, 7) is 0. The summed E-state index contributed by atoms with van der Waals surface area (Å²) < 4.78 is 0. The SMILES string of the molecule is CSCC[C@H](NC(=O)C1Cc2ccccc2S1)C(=O)O. The number of hydrogen-bond acceptors (Lipinski definition) is 4. The lowest BCUT2D eigenvalue weighted by atomic mass is 10.1. The minimum Gasteiger partial charge on any atom is -0.480 e. The molecule has 2 atom stereocenters. The second kappa shape index (κ2) is 7.04. The van der Waals surface area contributed by atoms with Crippen LogP contribution in [0, 0.1) is 0 Å². The number of nitrogens with one attached hydrogen (secondary N) is 1. The van der Waals surface area contributed by atoms with Gasteiger partial charge in [-0.3, -0.25) is 4.79 Å². The predicted molar refractivity (Wildman–Crippen MR) is 82.4 cm³/mol. The smallest absolute Gasteiger partial charge is 0.326 e. The Hall–Kier alpha value is -1.14. The normalized spacial score (nSPS) is 18.4. The molecular formula is C14H17NO3S2. The van der Waals surface area contributed by atoms with Crippen molar-refractivity contribution in [2.75, 3.05) is 12.0 Å². The molecule has 0 spiro atoms. The van der Waals surface area contributed by atoms with Crippen LogP contribution >= 0.6 is 23.5 Å². The molecule has 4 nitrogen and oxygen atoms in total. The summed E-state index contributed by atoms with van der Waals surface area (Å²) in [7, 11) is 0. The first kappa shape index (κ1) is 15.3. The molecule has 0 aromatic heterocycles. The van der Waals surface area contributed by atoms with Crippen molar-refractivity contribution in [3.8, 4) is 0 Å². The fourth-order valence-electron chi connectivity index (χ4n) is 2.09. The van der Waals surface area contributed by atoms with Crippen molar-refractivity contribution in [3.63, 3.8) is 0 Å². The Morgan fingerprint density at radius 2 is 2.25 bits per heavy atom. The molecule has 1 heterocycles. The molecular weight excluding hydrogens is 294 g/mol. The van der Waals surface area contributed by atoms with Crippen molar-refractivity contribution < 1.29 is 14.7 Å². The Balaban J connectivity index is 1.94. The summed E-state index contributed by atoms with van der Waals surface area (Å²) >= 11 is 3.09. The maximum absolute atomic E-state index is 12.2. The molecule has 0 aliphatic carbocycles. The standard InChI is InChI=1S/C14H17NO3S2/c1-19-7-6-10(14(17)18)15-13(16)12-8-9-4-2-3-5-11(9)20-12/h2-5,10,12H,6-8H2,1H3,(H,15,16)(H,17,18)/t10-,12?/m0/s1. The first-order valence-electron chi connectivity index (χ1n) is 6.38. The zero-order valence-electron chi connectivity index (χ0n) is 11.2. The molecule has 1 aromatic carbocycles. The second-order valence-electron chi connectivity index (χ2n) is 4.60. The third kappa shape index (κ3) is 3.70. The largest absolute Gasteiger partial charge is 0.480 e. The van der Waals surface area contributed by atoms with E-state index in [-0.39, 0.29) is 11.2 Å². The van der Waals surface area contributed by atoms with Gasteiger partial charge in [-0.1, -0.05) is 18.2 Å². The first-order chi connectivity index (χ1) is 9.61. The third-order valence-corrected chi connectivity index (χ3v) is 5.13. The van der Waals surface area contributed by atoms with Crippen LogP contribution in [-0.4, -0.2) is 40.3 Å². The number of rotatable bonds is 6. The van der Waals surface area contributed by atoms with Crippen LogP contribution in [0.1, 0.15) is 12.0 Å². The van der Waals surface area contributed by atoms with Crippen molar-refractivity contribution >= 4 is 35.4 Å². The average Bonchev–Trinajstić information content (AvgIpc) is 2.86. The minimum atomic E-state index is -0.965. The molecule has 2 N–H and O–H groups in total. The van der Waals surface area contributed by atoms with Gasteiger partial charge in [-0.25, -0.2) is 4.79 Å². The topological polar surface area (TPSA) is 66.4 Å². The Morgan fingerprint density at radius 3 is 2.90 bits per heavy atom. The van der Waals surface area contributed by atoms with Gasteiger partial charge in [0.15, 0.2) is 0 Å². The summed E-state index contributed by atoms with van der Waals surface area (Å²) in [6, 6.07) is 7.12. The second-order valence-corrected chi connectivity index (χ2v) is 6.83. The van der Waals surface area contributed by atoms with Crippen LogP contribution in [0.15, 0.2) is 29.2 Å². The Morgan fingerprint density at radius 1 is 1.50 bits per heavy atom. The van der Waals surface area contributed by atoms with E-state index in [0.717, 1.165) is 16.2 Å². The van der Waals surface area contributed by atoms with Gasteiger partial charge in [-0.2, -0.15) is 11.8 Å². The van der Waals surface area contributed by atoms with Gasteiger partial charge in [0.25, 0.3) is 0 Å².